The van der Waals surface area contributed by atoms with Gasteiger partial charge < -0.3 is 16.2 Å². The number of aryl methyl sites for hydroxylation is 2. The van der Waals surface area contributed by atoms with Gasteiger partial charge in [-0.15, -0.1) is 0 Å². The van der Waals surface area contributed by atoms with Gasteiger partial charge in [-0.1, -0.05) is 23.8 Å². The Kier molecular flexibility index (Phi) is 4.93. The van der Waals surface area contributed by atoms with Gasteiger partial charge in [0.2, 0.25) is 0 Å². The van der Waals surface area contributed by atoms with Crippen molar-refractivity contribution in [3.05, 3.63) is 34.9 Å². The Morgan fingerprint density at radius 2 is 2.06 bits per heavy atom. The molecule has 90 valence electrons. The van der Waals surface area contributed by atoms with Crippen LogP contribution < -0.4 is 11.1 Å². The Morgan fingerprint density at radius 3 is 2.69 bits per heavy atom. The standard InChI is InChI=1S/C13H22N2O/c1-9-4-5-10(2)11(8-9)13(16)12(14)6-7-15-3/h4-5,8,12-13,15-16H,6-7,14H2,1-3H3. The SMILES string of the molecule is CNCCC(N)C(O)c1cc(C)ccc1C. The topological polar surface area (TPSA) is 58.3 Å². The van der Waals surface area contributed by atoms with Crippen molar-refractivity contribution in [2.75, 3.05) is 13.6 Å². The van der Waals surface area contributed by atoms with Gasteiger partial charge >= 0.3 is 0 Å². The first-order valence-electron chi connectivity index (χ1n) is 5.71. The van der Waals surface area contributed by atoms with Crippen LogP contribution in [0.15, 0.2) is 18.2 Å². The lowest BCUT2D eigenvalue weighted by atomic mass is 9.95. The minimum atomic E-state index is -0.576. The molecule has 0 amide bonds. The molecule has 2 unspecified atom stereocenters. The van der Waals surface area contributed by atoms with Crippen LogP contribution in [0.5, 0.6) is 0 Å². The maximum Gasteiger partial charge on any atom is 0.0943 e. The molecule has 4 N–H and O–H groups in total. The summed E-state index contributed by atoms with van der Waals surface area (Å²) >= 11 is 0. The Hall–Kier alpha value is -0.900. The highest BCUT2D eigenvalue weighted by Gasteiger charge is 2.18. The Labute approximate surface area is 97.7 Å². The van der Waals surface area contributed by atoms with Crippen LogP contribution in [-0.2, 0) is 0 Å². The number of aliphatic hydroxyl groups excluding tert-OH is 1. The third kappa shape index (κ3) is 3.30. The molecule has 0 bridgehead atoms. The van der Waals surface area contributed by atoms with E-state index >= 15 is 0 Å². The number of hydrogen-bond acceptors (Lipinski definition) is 3. The van der Waals surface area contributed by atoms with Gasteiger partial charge in [0.15, 0.2) is 0 Å². The fourth-order valence-electron chi connectivity index (χ4n) is 1.78. The molecule has 0 aliphatic rings. The van der Waals surface area contributed by atoms with Crippen LogP contribution >= 0.6 is 0 Å². The molecular formula is C13H22N2O. The lowest BCUT2D eigenvalue weighted by molar-refractivity contribution is 0.141. The third-order valence-electron chi connectivity index (χ3n) is 2.89. The summed E-state index contributed by atoms with van der Waals surface area (Å²) in [6.07, 6.45) is 0.193. The van der Waals surface area contributed by atoms with E-state index in [0.29, 0.717) is 0 Å². The van der Waals surface area contributed by atoms with Gasteiger partial charge in [0.25, 0.3) is 0 Å². The van der Waals surface area contributed by atoms with Crippen LogP contribution in [0.1, 0.15) is 29.2 Å². The maximum absolute atomic E-state index is 10.2. The van der Waals surface area contributed by atoms with Gasteiger partial charge in [-0.2, -0.15) is 0 Å². The first-order valence-corrected chi connectivity index (χ1v) is 5.71. The number of nitrogens with one attached hydrogen (secondary N) is 1. The molecule has 0 fully saturated rings. The van der Waals surface area contributed by atoms with Gasteiger partial charge in [-0.25, -0.2) is 0 Å². The second-order valence-corrected chi connectivity index (χ2v) is 4.36. The molecule has 0 heterocycles. The fraction of sp³-hybridized carbons (Fsp3) is 0.538. The number of aliphatic hydroxyl groups is 1. The van der Waals surface area contributed by atoms with E-state index < -0.39 is 6.10 Å². The highest BCUT2D eigenvalue weighted by Crippen LogP contribution is 2.22. The molecule has 0 aliphatic carbocycles. The molecule has 1 rings (SSSR count). The van der Waals surface area contributed by atoms with Crippen LogP contribution in [0.2, 0.25) is 0 Å². The largest absolute Gasteiger partial charge is 0.387 e. The van der Waals surface area contributed by atoms with Crippen LogP contribution in [0.4, 0.5) is 0 Å². The minimum Gasteiger partial charge on any atom is -0.387 e. The molecule has 2 atom stereocenters. The van der Waals surface area contributed by atoms with Crippen molar-refractivity contribution in [2.24, 2.45) is 5.73 Å². The average molecular weight is 222 g/mol. The van der Waals surface area contributed by atoms with Crippen LogP contribution in [-0.4, -0.2) is 24.7 Å². The summed E-state index contributed by atoms with van der Waals surface area (Å²) in [5.41, 5.74) is 9.16. The second kappa shape index (κ2) is 5.99. The molecule has 0 aliphatic heterocycles. The van der Waals surface area contributed by atoms with E-state index in [-0.39, 0.29) is 6.04 Å². The molecule has 0 aromatic heterocycles. The van der Waals surface area contributed by atoms with Gasteiger partial charge in [0.1, 0.15) is 0 Å². The number of nitrogens with two attached hydrogens (primary N) is 1. The van der Waals surface area contributed by atoms with E-state index in [2.05, 4.69) is 5.32 Å². The first kappa shape index (κ1) is 13.2. The predicted octanol–water partition coefficient (Wildman–Crippen LogP) is 1.27. The zero-order valence-corrected chi connectivity index (χ0v) is 10.3. The summed E-state index contributed by atoms with van der Waals surface area (Å²) in [7, 11) is 1.89. The maximum atomic E-state index is 10.2. The summed E-state index contributed by atoms with van der Waals surface area (Å²) in [6, 6.07) is 5.87. The van der Waals surface area contributed by atoms with E-state index in [4.69, 9.17) is 5.73 Å². The van der Waals surface area contributed by atoms with Gasteiger partial charge in [0, 0.05) is 6.04 Å². The van der Waals surface area contributed by atoms with Crippen molar-refractivity contribution in [1.82, 2.24) is 5.32 Å². The van der Waals surface area contributed by atoms with Gasteiger partial charge in [0.05, 0.1) is 6.10 Å². The summed E-state index contributed by atoms with van der Waals surface area (Å²) < 4.78 is 0. The van der Waals surface area contributed by atoms with Crippen molar-refractivity contribution in [3.63, 3.8) is 0 Å². The lowest BCUT2D eigenvalue weighted by Crippen LogP contribution is -2.32. The van der Waals surface area contributed by atoms with Crippen LogP contribution in [0.3, 0.4) is 0 Å². The summed E-state index contributed by atoms with van der Waals surface area (Å²) in [4.78, 5) is 0. The summed E-state index contributed by atoms with van der Waals surface area (Å²) in [6.45, 7) is 4.85. The number of rotatable bonds is 5. The summed E-state index contributed by atoms with van der Waals surface area (Å²) in [5, 5.41) is 13.2. The fourth-order valence-corrected chi connectivity index (χ4v) is 1.78. The lowest BCUT2D eigenvalue weighted by Gasteiger charge is -2.21. The number of hydrogen-bond donors (Lipinski definition) is 3. The van der Waals surface area contributed by atoms with E-state index in [9.17, 15) is 5.11 Å². The monoisotopic (exact) mass is 222 g/mol. The Bertz CT molecular complexity index is 339. The summed E-state index contributed by atoms with van der Waals surface area (Å²) in [5.74, 6) is 0. The van der Waals surface area contributed by atoms with Crippen molar-refractivity contribution >= 4 is 0 Å². The van der Waals surface area contributed by atoms with E-state index in [0.717, 1.165) is 29.7 Å². The normalized spacial score (nSPS) is 14.8. The smallest absolute Gasteiger partial charge is 0.0943 e. The zero-order valence-electron chi connectivity index (χ0n) is 10.3. The minimum absolute atomic E-state index is 0.215. The third-order valence-corrected chi connectivity index (χ3v) is 2.89. The van der Waals surface area contributed by atoms with E-state index in [1.807, 2.05) is 39.1 Å². The average Bonchev–Trinajstić information content (AvgIpc) is 2.28. The quantitative estimate of drug-likeness (QED) is 0.703. The van der Waals surface area contributed by atoms with Crippen molar-refractivity contribution in [3.8, 4) is 0 Å². The van der Waals surface area contributed by atoms with Crippen molar-refractivity contribution in [2.45, 2.75) is 32.4 Å². The molecule has 0 saturated carbocycles. The highest BCUT2D eigenvalue weighted by molar-refractivity contribution is 5.32. The molecule has 0 spiro atoms. The molecule has 1 aromatic rings. The Morgan fingerprint density at radius 1 is 1.38 bits per heavy atom. The predicted molar refractivity (Wildman–Crippen MR) is 67.4 cm³/mol. The van der Waals surface area contributed by atoms with E-state index in [1.165, 1.54) is 0 Å². The molecule has 0 radical (unpaired) electrons. The molecule has 1 aromatic carbocycles. The van der Waals surface area contributed by atoms with E-state index in [1.54, 1.807) is 0 Å². The molecule has 0 saturated heterocycles. The van der Waals surface area contributed by atoms with Crippen LogP contribution in [0, 0.1) is 13.8 Å². The van der Waals surface area contributed by atoms with Crippen molar-refractivity contribution < 1.29 is 5.11 Å². The molecular weight excluding hydrogens is 200 g/mol. The molecule has 16 heavy (non-hydrogen) atoms. The second-order valence-electron chi connectivity index (χ2n) is 4.36. The van der Waals surface area contributed by atoms with Gasteiger partial charge in [-0.3, -0.25) is 0 Å². The number of benzene rings is 1. The zero-order chi connectivity index (χ0) is 12.1. The first-order chi connectivity index (χ1) is 7.56. The Balaban J connectivity index is 2.78. The van der Waals surface area contributed by atoms with Gasteiger partial charge in [-0.05, 0) is 45.0 Å². The highest BCUT2D eigenvalue weighted by atomic mass is 16.3. The van der Waals surface area contributed by atoms with Crippen molar-refractivity contribution in [1.29, 1.82) is 0 Å². The molecule has 3 heteroatoms. The molecule has 3 nitrogen and oxygen atoms in total. The van der Waals surface area contributed by atoms with Crippen LogP contribution in [0.25, 0.3) is 0 Å².